The molecule has 0 spiro atoms. The van der Waals surface area contributed by atoms with E-state index in [-0.39, 0.29) is 27.0 Å². The second kappa shape index (κ2) is 8.58. The third-order valence-electron chi connectivity index (χ3n) is 5.41. The summed E-state index contributed by atoms with van der Waals surface area (Å²) in [5.74, 6) is -0.535. The van der Waals surface area contributed by atoms with Crippen molar-refractivity contribution in [2.24, 2.45) is 0 Å². The summed E-state index contributed by atoms with van der Waals surface area (Å²) in [6.45, 7) is 1.93. The van der Waals surface area contributed by atoms with E-state index in [0.29, 0.717) is 11.1 Å². The zero-order chi connectivity index (χ0) is 24.0. The summed E-state index contributed by atoms with van der Waals surface area (Å²) in [6, 6.07) is 12.7. The van der Waals surface area contributed by atoms with Crippen LogP contribution in [0.3, 0.4) is 0 Å². The molecule has 0 saturated heterocycles. The van der Waals surface area contributed by atoms with Crippen LogP contribution in [0.2, 0.25) is 0 Å². The van der Waals surface area contributed by atoms with Gasteiger partial charge >= 0.3 is 5.97 Å². The Morgan fingerprint density at radius 3 is 2.33 bits per heavy atom. The van der Waals surface area contributed by atoms with Gasteiger partial charge in [-0.15, -0.1) is 11.3 Å². The van der Waals surface area contributed by atoms with Gasteiger partial charge in [-0.1, -0.05) is 12.1 Å². The summed E-state index contributed by atoms with van der Waals surface area (Å²) in [5.41, 5.74) is 1.48. The summed E-state index contributed by atoms with van der Waals surface area (Å²) in [7, 11) is -6.48. The molecule has 1 N–H and O–H groups in total. The standard InChI is InChI=1S/C23H23NO6S3/c1-14-4-11-21(31-14)19-10-8-17(32(3,26)27)13-20(19)24-33(28,29)22-12-16(23(25)30-2)7-9-18(22)15-5-6-15/h4,7-13,15,24H,5-6H2,1-3H3. The molecule has 0 bridgehead atoms. The topological polar surface area (TPSA) is 107 Å². The summed E-state index contributed by atoms with van der Waals surface area (Å²) < 4.78 is 58.8. The number of aryl methyl sites for hydroxylation is 1. The number of thiophene rings is 1. The minimum atomic E-state index is -4.15. The van der Waals surface area contributed by atoms with Crippen LogP contribution in [0.4, 0.5) is 5.69 Å². The second-order valence-electron chi connectivity index (χ2n) is 8.01. The number of benzene rings is 2. The Hall–Kier alpha value is -2.69. The summed E-state index contributed by atoms with van der Waals surface area (Å²) in [4.78, 5) is 13.9. The minimum Gasteiger partial charge on any atom is -0.465 e. The van der Waals surface area contributed by atoms with Crippen molar-refractivity contribution >= 4 is 42.9 Å². The fourth-order valence-corrected chi connectivity index (χ4v) is 6.53. The van der Waals surface area contributed by atoms with Gasteiger partial charge in [-0.3, -0.25) is 4.72 Å². The van der Waals surface area contributed by atoms with Crippen molar-refractivity contribution in [2.75, 3.05) is 18.1 Å². The van der Waals surface area contributed by atoms with E-state index in [1.54, 1.807) is 18.2 Å². The molecule has 0 amide bonds. The molecule has 174 valence electrons. The van der Waals surface area contributed by atoms with Gasteiger partial charge in [-0.2, -0.15) is 0 Å². The van der Waals surface area contributed by atoms with Crippen LogP contribution in [0.5, 0.6) is 0 Å². The maximum Gasteiger partial charge on any atom is 0.337 e. The maximum atomic E-state index is 13.6. The Morgan fingerprint density at radius 1 is 1.03 bits per heavy atom. The number of rotatable bonds is 7. The number of sulfonamides is 1. The molecule has 0 aliphatic heterocycles. The van der Waals surface area contributed by atoms with Crippen molar-refractivity contribution in [1.29, 1.82) is 0 Å². The highest BCUT2D eigenvalue weighted by molar-refractivity contribution is 7.92. The monoisotopic (exact) mass is 505 g/mol. The highest BCUT2D eigenvalue weighted by Gasteiger charge is 2.32. The summed E-state index contributed by atoms with van der Waals surface area (Å²) >= 11 is 1.47. The number of methoxy groups -OCH3 is 1. The van der Waals surface area contributed by atoms with Crippen molar-refractivity contribution in [3.63, 3.8) is 0 Å². The first-order valence-corrected chi connectivity index (χ1v) is 14.3. The van der Waals surface area contributed by atoms with Gasteiger partial charge in [0.25, 0.3) is 10.0 Å². The van der Waals surface area contributed by atoms with Crippen molar-refractivity contribution in [2.45, 2.75) is 35.5 Å². The molecule has 1 aliphatic carbocycles. The van der Waals surface area contributed by atoms with E-state index in [1.807, 2.05) is 19.1 Å². The molecule has 0 radical (unpaired) electrons. The van der Waals surface area contributed by atoms with Gasteiger partial charge in [0.05, 0.1) is 28.2 Å². The minimum absolute atomic E-state index is 0.00274. The Kier molecular flexibility index (Phi) is 6.10. The lowest BCUT2D eigenvalue weighted by atomic mass is 10.1. The Bertz CT molecular complexity index is 1450. The lowest BCUT2D eigenvalue weighted by molar-refractivity contribution is 0.0600. The van der Waals surface area contributed by atoms with Crippen LogP contribution in [0, 0.1) is 6.92 Å². The van der Waals surface area contributed by atoms with E-state index in [1.165, 1.54) is 36.6 Å². The first-order chi connectivity index (χ1) is 15.5. The van der Waals surface area contributed by atoms with E-state index in [4.69, 9.17) is 4.74 Å². The Balaban J connectivity index is 1.85. The van der Waals surface area contributed by atoms with E-state index < -0.39 is 25.8 Å². The highest BCUT2D eigenvalue weighted by Crippen LogP contribution is 2.44. The van der Waals surface area contributed by atoms with Crippen molar-refractivity contribution in [1.82, 2.24) is 0 Å². The van der Waals surface area contributed by atoms with Gasteiger partial charge in [-0.25, -0.2) is 21.6 Å². The van der Waals surface area contributed by atoms with Crippen molar-refractivity contribution < 1.29 is 26.4 Å². The fourth-order valence-electron chi connectivity index (χ4n) is 3.58. The number of anilines is 1. The first kappa shape index (κ1) is 23.5. The largest absolute Gasteiger partial charge is 0.465 e. The van der Waals surface area contributed by atoms with Crippen LogP contribution in [-0.2, 0) is 24.6 Å². The molecular formula is C23H23NO6S3. The molecule has 1 saturated carbocycles. The molecule has 1 fully saturated rings. The van der Waals surface area contributed by atoms with Gasteiger partial charge in [0.2, 0.25) is 0 Å². The van der Waals surface area contributed by atoms with Crippen LogP contribution >= 0.6 is 11.3 Å². The molecule has 1 aromatic heterocycles. The van der Waals surface area contributed by atoms with E-state index in [0.717, 1.165) is 28.9 Å². The summed E-state index contributed by atoms with van der Waals surface area (Å²) in [5, 5.41) is 0. The smallest absolute Gasteiger partial charge is 0.337 e. The third kappa shape index (κ3) is 4.97. The van der Waals surface area contributed by atoms with Crippen LogP contribution < -0.4 is 4.72 Å². The van der Waals surface area contributed by atoms with E-state index >= 15 is 0 Å². The van der Waals surface area contributed by atoms with E-state index in [2.05, 4.69) is 4.72 Å². The first-order valence-electron chi connectivity index (χ1n) is 10.2. The summed E-state index contributed by atoms with van der Waals surface area (Å²) in [6.07, 6.45) is 2.80. The highest BCUT2D eigenvalue weighted by atomic mass is 32.2. The third-order valence-corrected chi connectivity index (χ3v) is 8.98. The van der Waals surface area contributed by atoms with Gasteiger partial charge in [-0.05, 0) is 67.6 Å². The lowest BCUT2D eigenvalue weighted by Crippen LogP contribution is -2.17. The number of carbonyl (C=O) groups excluding carboxylic acids is 1. The van der Waals surface area contributed by atoms with Crippen LogP contribution in [0.15, 0.2) is 58.3 Å². The molecule has 4 rings (SSSR count). The van der Waals surface area contributed by atoms with Crippen LogP contribution in [0.1, 0.15) is 39.6 Å². The normalized spacial score (nSPS) is 14.2. The molecule has 0 atom stereocenters. The average Bonchev–Trinajstić information content (AvgIpc) is 3.52. The van der Waals surface area contributed by atoms with Crippen LogP contribution in [-0.4, -0.2) is 36.2 Å². The molecule has 1 heterocycles. The van der Waals surface area contributed by atoms with Gasteiger partial charge in [0.15, 0.2) is 9.84 Å². The number of ether oxygens (including phenoxy) is 1. The SMILES string of the molecule is COC(=O)c1ccc(C2CC2)c(S(=O)(=O)Nc2cc(S(C)(=O)=O)ccc2-c2ccc(C)s2)c1. The zero-order valence-electron chi connectivity index (χ0n) is 18.3. The number of esters is 1. The maximum absolute atomic E-state index is 13.6. The van der Waals surface area contributed by atoms with Gasteiger partial charge < -0.3 is 4.74 Å². The van der Waals surface area contributed by atoms with Gasteiger partial charge in [0.1, 0.15) is 0 Å². The van der Waals surface area contributed by atoms with Crippen LogP contribution in [0.25, 0.3) is 10.4 Å². The van der Waals surface area contributed by atoms with E-state index in [9.17, 15) is 21.6 Å². The number of nitrogens with one attached hydrogen (secondary N) is 1. The fraction of sp³-hybridized carbons (Fsp3) is 0.261. The predicted molar refractivity (Wildman–Crippen MR) is 128 cm³/mol. The predicted octanol–water partition coefficient (Wildman–Crippen LogP) is 4.59. The molecule has 2 aromatic carbocycles. The number of hydrogen-bond donors (Lipinski definition) is 1. The molecule has 10 heteroatoms. The van der Waals surface area contributed by atoms with Gasteiger partial charge in [0, 0.05) is 21.6 Å². The second-order valence-corrected chi connectivity index (χ2v) is 13.0. The lowest BCUT2D eigenvalue weighted by Gasteiger charge is -2.16. The van der Waals surface area contributed by atoms with Crippen molar-refractivity contribution in [3.8, 4) is 10.4 Å². The average molecular weight is 506 g/mol. The Morgan fingerprint density at radius 2 is 1.76 bits per heavy atom. The molecule has 33 heavy (non-hydrogen) atoms. The number of hydrogen-bond acceptors (Lipinski definition) is 7. The molecule has 0 unspecified atom stereocenters. The quantitative estimate of drug-likeness (QED) is 0.471. The molecular weight excluding hydrogens is 482 g/mol. The van der Waals surface area contributed by atoms with Crippen molar-refractivity contribution in [3.05, 3.63) is 64.5 Å². The molecule has 1 aliphatic rings. The Labute approximate surface area is 197 Å². The zero-order valence-corrected chi connectivity index (χ0v) is 20.7. The number of carbonyl (C=O) groups is 1. The molecule has 3 aromatic rings. The molecule has 7 nitrogen and oxygen atoms in total. The number of sulfone groups is 1.